The van der Waals surface area contributed by atoms with Gasteiger partial charge in [-0.1, -0.05) is 35.6 Å². The molecule has 0 spiro atoms. The smallest absolute Gasteiger partial charge is 0.387 e. The number of ether oxygens (including phenoxy) is 2. The Morgan fingerprint density at radius 3 is 2.42 bits per heavy atom. The molecule has 188 valence electrons. The number of alkyl halides is 2. The monoisotopic (exact) mass is 513 g/mol. The van der Waals surface area contributed by atoms with E-state index in [1.54, 1.807) is 32.1 Å². The number of fused-ring (bicyclic) bond motifs is 1. The molecule has 0 N–H and O–H groups in total. The molecule has 1 unspecified atom stereocenters. The van der Waals surface area contributed by atoms with Crippen LogP contribution in [0.4, 0.5) is 14.5 Å². The average Bonchev–Trinajstić information content (AvgIpc) is 3.13. The van der Waals surface area contributed by atoms with E-state index in [4.69, 9.17) is 4.74 Å². The minimum atomic E-state index is -2.96. The molecule has 7 nitrogen and oxygen atoms in total. The topological polar surface area (TPSA) is 73.1 Å². The molecular formula is C26H25F2N3O4S. The zero-order valence-electron chi connectivity index (χ0n) is 20.2. The maximum absolute atomic E-state index is 13.6. The number of halogens is 2. The lowest BCUT2D eigenvalue weighted by Crippen LogP contribution is -2.39. The zero-order chi connectivity index (χ0) is 26.0. The molecule has 0 bridgehead atoms. The normalized spacial score (nSPS) is 15.5. The van der Waals surface area contributed by atoms with E-state index in [1.165, 1.54) is 28.0 Å². The van der Waals surface area contributed by atoms with Gasteiger partial charge in [0, 0.05) is 19.8 Å². The Morgan fingerprint density at radius 2 is 1.83 bits per heavy atom. The Labute approximate surface area is 210 Å². The van der Waals surface area contributed by atoms with Crippen LogP contribution in [0, 0.1) is 0 Å². The van der Waals surface area contributed by atoms with E-state index in [-0.39, 0.29) is 23.5 Å². The number of benzene rings is 2. The molecule has 2 heterocycles. The first-order chi connectivity index (χ1) is 17.2. The predicted octanol–water partition coefficient (Wildman–Crippen LogP) is 3.47. The molecule has 1 aromatic heterocycles. The van der Waals surface area contributed by atoms with Crippen molar-refractivity contribution in [3.63, 3.8) is 0 Å². The molecule has 0 fully saturated rings. The molecule has 1 atom stereocenters. The van der Waals surface area contributed by atoms with Crippen LogP contribution in [0.15, 0.2) is 69.6 Å². The number of allylic oxidation sites excluding steroid dienone is 1. The molecule has 36 heavy (non-hydrogen) atoms. The third-order valence-corrected chi connectivity index (χ3v) is 6.63. The Balaban J connectivity index is 1.86. The number of thiazole rings is 1. The van der Waals surface area contributed by atoms with Crippen LogP contribution in [0.1, 0.15) is 31.0 Å². The quantitative estimate of drug-likeness (QED) is 0.453. The van der Waals surface area contributed by atoms with Crippen molar-refractivity contribution in [2.45, 2.75) is 26.5 Å². The van der Waals surface area contributed by atoms with Crippen molar-refractivity contribution in [1.29, 1.82) is 0 Å². The van der Waals surface area contributed by atoms with E-state index < -0.39 is 18.6 Å². The van der Waals surface area contributed by atoms with Crippen molar-refractivity contribution in [2.24, 2.45) is 4.99 Å². The van der Waals surface area contributed by atoms with Crippen LogP contribution >= 0.6 is 11.3 Å². The van der Waals surface area contributed by atoms with Crippen LogP contribution in [0.5, 0.6) is 5.75 Å². The van der Waals surface area contributed by atoms with E-state index >= 15 is 0 Å². The molecule has 2 aromatic carbocycles. The highest BCUT2D eigenvalue weighted by Crippen LogP contribution is 2.31. The lowest BCUT2D eigenvalue weighted by atomic mass is 9.96. The molecule has 1 aliphatic rings. The summed E-state index contributed by atoms with van der Waals surface area (Å²) >= 11 is 1.22. The fraction of sp³-hybridized carbons (Fsp3) is 0.269. The van der Waals surface area contributed by atoms with Crippen LogP contribution in [-0.4, -0.2) is 37.9 Å². The number of rotatable bonds is 7. The van der Waals surface area contributed by atoms with Crippen molar-refractivity contribution in [3.05, 3.63) is 90.6 Å². The largest absolute Gasteiger partial charge is 0.463 e. The number of carbonyl (C=O) groups excluding carboxylic acids is 1. The summed E-state index contributed by atoms with van der Waals surface area (Å²) in [5.74, 6) is -0.620. The average molecular weight is 514 g/mol. The van der Waals surface area contributed by atoms with E-state index in [2.05, 4.69) is 9.73 Å². The van der Waals surface area contributed by atoms with Gasteiger partial charge < -0.3 is 14.4 Å². The van der Waals surface area contributed by atoms with Crippen LogP contribution in [0.25, 0.3) is 6.08 Å². The SMILES string of the molecule is CCOC(=O)C1=C(C)N=c2sc(=Cc3ccc(N(C)C)cc3)c(=O)n2C1c1ccc(OC(F)F)cc1. The first kappa shape index (κ1) is 25.3. The number of carbonyl (C=O) groups is 1. The Hall–Kier alpha value is -3.79. The molecule has 10 heteroatoms. The molecule has 0 saturated carbocycles. The maximum atomic E-state index is 13.6. The number of anilines is 1. The van der Waals surface area contributed by atoms with Crippen molar-refractivity contribution < 1.29 is 23.0 Å². The second kappa shape index (κ2) is 10.4. The number of nitrogens with zero attached hydrogens (tertiary/aromatic N) is 3. The standard InChI is InChI=1S/C26H25F2N3O4S/c1-5-34-24(33)21-15(2)29-26-31(22(21)17-8-12-19(13-9-17)35-25(27)28)23(32)20(36-26)14-16-6-10-18(11-7-16)30(3)4/h6-14,22,25H,5H2,1-4H3. The fourth-order valence-corrected chi connectivity index (χ4v) is 5.01. The second-order valence-corrected chi connectivity index (χ2v) is 9.24. The Bertz CT molecular complexity index is 1470. The van der Waals surface area contributed by atoms with E-state index in [0.29, 0.717) is 20.6 Å². The van der Waals surface area contributed by atoms with Crippen LogP contribution in [0.2, 0.25) is 0 Å². The first-order valence-electron chi connectivity index (χ1n) is 11.2. The number of esters is 1. The third kappa shape index (κ3) is 5.08. The third-order valence-electron chi connectivity index (χ3n) is 5.65. The summed E-state index contributed by atoms with van der Waals surface area (Å²) in [6.45, 7) is 0.565. The van der Waals surface area contributed by atoms with Gasteiger partial charge in [-0.15, -0.1) is 0 Å². The van der Waals surface area contributed by atoms with Gasteiger partial charge in [-0.3, -0.25) is 9.36 Å². The van der Waals surface area contributed by atoms with Crippen molar-refractivity contribution in [3.8, 4) is 5.75 Å². The van der Waals surface area contributed by atoms with Gasteiger partial charge in [-0.05, 0) is 55.3 Å². The maximum Gasteiger partial charge on any atom is 0.387 e. The van der Waals surface area contributed by atoms with E-state index in [9.17, 15) is 18.4 Å². The van der Waals surface area contributed by atoms with E-state index in [1.807, 2.05) is 43.3 Å². The van der Waals surface area contributed by atoms with Gasteiger partial charge in [0.1, 0.15) is 5.75 Å². The Kier molecular flexibility index (Phi) is 7.35. The van der Waals surface area contributed by atoms with Gasteiger partial charge in [0.05, 0.1) is 28.5 Å². The Morgan fingerprint density at radius 1 is 1.17 bits per heavy atom. The van der Waals surface area contributed by atoms with Crippen molar-refractivity contribution in [1.82, 2.24) is 4.57 Å². The van der Waals surface area contributed by atoms with Gasteiger partial charge in [0.2, 0.25) is 0 Å². The number of hydrogen-bond donors (Lipinski definition) is 0. The van der Waals surface area contributed by atoms with E-state index in [0.717, 1.165) is 11.3 Å². The number of hydrogen-bond acceptors (Lipinski definition) is 7. The van der Waals surface area contributed by atoms with Gasteiger partial charge in [0.15, 0.2) is 4.80 Å². The first-order valence-corrected chi connectivity index (χ1v) is 12.0. The van der Waals surface area contributed by atoms with Crippen LogP contribution in [0.3, 0.4) is 0 Å². The summed E-state index contributed by atoms with van der Waals surface area (Å²) < 4.78 is 36.9. The lowest BCUT2D eigenvalue weighted by Gasteiger charge is -2.24. The summed E-state index contributed by atoms with van der Waals surface area (Å²) in [7, 11) is 3.89. The minimum Gasteiger partial charge on any atom is -0.463 e. The summed E-state index contributed by atoms with van der Waals surface area (Å²) in [5, 5.41) is 0. The molecule has 4 rings (SSSR count). The summed E-state index contributed by atoms with van der Waals surface area (Å²) in [6, 6.07) is 12.8. The molecular weight excluding hydrogens is 488 g/mol. The van der Waals surface area contributed by atoms with Gasteiger partial charge in [0.25, 0.3) is 5.56 Å². The van der Waals surface area contributed by atoms with Gasteiger partial charge >= 0.3 is 12.6 Å². The highest BCUT2D eigenvalue weighted by molar-refractivity contribution is 7.07. The molecule has 0 saturated heterocycles. The van der Waals surface area contributed by atoms with Gasteiger partial charge in [-0.2, -0.15) is 8.78 Å². The minimum absolute atomic E-state index is 0.0271. The van der Waals surface area contributed by atoms with Crippen molar-refractivity contribution >= 4 is 29.1 Å². The molecule has 0 aliphatic carbocycles. The molecule has 0 radical (unpaired) electrons. The van der Waals surface area contributed by atoms with Crippen LogP contribution < -0.4 is 24.5 Å². The molecule has 3 aromatic rings. The van der Waals surface area contributed by atoms with Gasteiger partial charge in [-0.25, -0.2) is 9.79 Å². The lowest BCUT2D eigenvalue weighted by molar-refractivity contribution is -0.139. The summed E-state index contributed by atoms with van der Waals surface area (Å²) in [5.41, 5.74) is 2.74. The highest BCUT2D eigenvalue weighted by Gasteiger charge is 2.33. The predicted molar refractivity (Wildman–Crippen MR) is 134 cm³/mol. The molecule has 0 amide bonds. The highest BCUT2D eigenvalue weighted by atomic mass is 32.1. The zero-order valence-corrected chi connectivity index (χ0v) is 21.0. The summed E-state index contributed by atoms with van der Waals surface area (Å²) in [4.78, 5) is 33.5. The van der Waals surface area contributed by atoms with Crippen LogP contribution in [-0.2, 0) is 9.53 Å². The summed E-state index contributed by atoms with van der Waals surface area (Å²) in [6.07, 6.45) is 1.78. The van der Waals surface area contributed by atoms with Crippen molar-refractivity contribution in [2.75, 3.05) is 25.6 Å². The molecule has 1 aliphatic heterocycles. The second-order valence-electron chi connectivity index (χ2n) is 8.24. The fourth-order valence-electron chi connectivity index (χ4n) is 3.96. The number of aromatic nitrogens is 1.